The number of fused-ring (bicyclic) bond motifs is 3. The maximum atomic E-state index is 12.8. The molecule has 0 radical (unpaired) electrons. The van der Waals surface area contributed by atoms with Crippen molar-refractivity contribution in [3.8, 4) is 11.5 Å². The molecule has 1 aromatic carbocycles. The van der Waals surface area contributed by atoms with Gasteiger partial charge >= 0.3 is 7.12 Å². The molecule has 2 saturated heterocycles. The van der Waals surface area contributed by atoms with E-state index in [0.717, 1.165) is 22.3 Å². The summed E-state index contributed by atoms with van der Waals surface area (Å²) in [6.07, 6.45) is 3.38. The quantitative estimate of drug-likeness (QED) is 0.205. The molecule has 34 heavy (non-hydrogen) atoms. The Morgan fingerprint density at radius 3 is 2.74 bits per heavy atom. The van der Waals surface area contributed by atoms with E-state index in [1.807, 2.05) is 19.1 Å². The van der Waals surface area contributed by atoms with Crippen LogP contribution in [0.2, 0.25) is 6.32 Å². The summed E-state index contributed by atoms with van der Waals surface area (Å²) in [6, 6.07) is 3.64. The molecule has 0 aromatic heterocycles. The molecule has 2 amide bonds. The van der Waals surface area contributed by atoms with Crippen molar-refractivity contribution in [2.45, 2.75) is 38.6 Å². The van der Waals surface area contributed by atoms with Crippen molar-refractivity contribution in [1.29, 1.82) is 0 Å². The first-order chi connectivity index (χ1) is 16.2. The zero-order valence-corrected chi connectivity index (χ0v) is 21.6. The molecule has 4 atom stereocenters. The summed E-state index contributed by atoms with van der Waals surface area (Å²) in [5.74, 6) is -1.21. The van der Waals surface area contributed by atoms with Gasteiger partial charge in [0, 0.05) is 7.05 Å². The van der Waals surface area contributed by atoms with Crippen molar-refractivity contribution in [3.05, 3.63) is 38.0 Å². The molecule has 8 nitrogen and oxygen atoms in total. The van der Waals surface area contributed by atoms with Gasteiger partial charge in [0.15, 0.2) is 11.5 Å². The number of imide groups is 1. The predicted molar refractivity (Wildman–Crippen MR) is 135 cm³/mol. The van der Waals surface area contributed by atoms with Crippen LogP contribution in [0, 0.1) is 21.3 Å². The number of amides is 2. The maximum Gasteiger partial charge on any atom is 0.455 e. The van der Waals surface area contributed by atoms with Crippen LogP contribution in [0.4, 0.5) is 0 Å². The summed E-state index contributed by atoms with van der Waals surface area (Å²) in [5, 5.41) is 30.6. The Bertz CT molecular complexity index is 1070. The average Bonchev–Trinajstić information content (AvgIpc) is 3.02. The number of ether oxygens (including phenoxy) is 1. The largest absolute Gasteiger partial charge is 0.504 e. The smallest absolute Gasteiger partial charge is 0.455 e. The van der Waals surface area contributed by atoms with Gasteiger partial charge in [0.1, 0.15) is 0 Å². The van der Waals surface area contributed by atoms with Crippen LogP contribution in [-0.2, 0) is 14.2 Å². The number of hydrogen-bond acceptors (Lipinski definition) is 7. The van der Waals surface area contributed by atoms with E-state index in [4.69, 9.17) is 9.39 Å². The normalized spacial score (nSPS) is 27.3. The van der Waals surface area contributed by atoms with E-state index in [1.54, 1.807) is 6.07 Å². The molecule has 0 spiro atoms. The molecule has 0 unspecified atom stereocenters. The van der Waals surface area contributed by atoms with Crippen molar-refractivity contribution >= 4 is 47.6 Å². The number of rotatable bonds is 6. The van der Waals surface area contributed by atoms with Crippen LogP contribution in [0.15, 0.2) is 28.9 Å². The molecule has 0 saturated carbocycles. The van der Waals surface area contributed by atoms with Crippen molar-refractivity contribution in [3.63, 3.8) is 0 Å². The number of likely N-dealkylation sites (tertiary alicyclic amines) is 1. The Hall–Kier alpha value is -1.89. The van der Waals surface area contributed by atoms with Gasteiger partial charge in [-0.15, -0.1) is 0 Å². The third-order valence-corrected chi connectivity index (χ3v) is 8.03. The van der Waals surface area contributed by atoms with Crippen LogP contribution >= 0.6 is 22.6 Å². The Labute approximate surface area is 212 Å². The fourth-order valence-electron chi connectivity index (χ4n) is 5.62. The number of phenols is 1. The highest BCUT2D eigenvalue weighted by Gasteiger charge is 2.56. The lowest BCUT2D eigenvalue weighted by Crippen LogP contribution is -2.46. The third-order valence-electron chi connectivity index (χ3n) is 7.20. The first-order valence-corrected chi connectivity index (χ1v) is 12.4. The van der Waals surface area contributed by atoms with E-state index in [-0.39, 0.29) is 36.4 Å². The summed E-state index contributed by atoms with van der Waals surface area (Å²) in [6.45, 7) is 1.80. The number of aromatic hydroxyl groups is 1. The molecule has 3 aliphatic rings. The summed E-state index contributed by atoms with van der Waals surface area (Å²) < 4.78 is 11.8. The number of aliphatic hydroxyl groups is 1. The van der Waals surface area contributed by atoms with Crippen LogP contribution in [-0.4, -0.2) is 65.9 Å². The lowest BCUT2D eigenvalue weighted by Gasteiger charge is -2.42. The number of aliphatic hydroxyl groups excluding tert-OH is 1. The zero-order chi connectivity index (χ0) is 24.7. The molecule has 0 bridgehead atoms. The molecule has 2 heterocycles. The van der Waals surface area contributed by atoms with Crippen molar-refractivity contribution < 1.29 is 34.2 Å². The lowest BCUT2D eigenvalue weighted by atomic mass is 9.58. The number of phenolic OH excluding ortho intramolecular Hbond substituents is 1. The fourth-order valence-corrected chi connectivity index (χ4v) is 6.24. The first kappa shape index (κ1) is 25.2. The number of hydrogen-bond donors (Lipinski definition) is 3. The second-order valence-electron chi connectivity index (χ2n) is 9.29. The van der Waals surface area contributed by atoms with E-state index in [9.17, 15) is 24.8 Å². The van der Waals surface area contributed by atoms with Gasteiger partial charge in [0.2, 0.25) is 11.8 Å². The Morgan fingerprint density at radius 1 is 1.32 bits per heavy atom. The topological polar surface area (TPSA) is 117 Å². The molecule has 1 aliphatic carbocycles. The summed E-state index contributed by atoms with van der Waals surface area (Å²) >= 11 is 2.06. The van der Waals surface area contributed by atoms with Crippen molar-refractivity contribution in [2.24, 2.45) is 17.8 Å². The van der Waals surface area contributed by atoms with Gasteiger partial charge in [0.25, 0.3) is 0 Å². The maximum absolute atomic E-state index is 12.8. The molecule has 2 aliphatic heterocycles. The van der Waals surface area contributed by atoms with Crippen molar-refractivity contribution in [2.75, 3.05) is 20.8 Å². The zero-order valence-electron chi connectivity index (χ0n) is 19.5. The molecule has 2 fully saturated rings. The molecule has 10 heteroatoms. The van der Waals surface area contributed by atoms with Crippen LogP contribution in [0.5, 0.6) is 11.5 Å². The molecule has 3 N–H and O–H groups in total. The predicted octanol–water partition coefficient (Wildman–Crippen LogP) is 2.61. The van der Waals surface area contributed by atoms with E-state index in [0.29, 0.717) is 28.6 Å². The highest BCUT2D eigenvalue weighted by Crippen LogP contribution is 2.50. The minimum Gasteiger partial charge on any atom is -0.504 e. The van der Waals surface area contributed by atoms with E-state index < -0.39 is 25.1 Å². The third kappa shape index (κ3) is 4.52. The monoisotopic (exact) mass is 581 g/mol. The standard InChI is InChI=1S/C24H29BINO7/c1-12(6-13-7-17(26)22(29)19(8-13)33-3)4-5-18-20-14(11-28)9-15-21(16(20)10-25(32)34-18)24(31)27(2)23(15)30/h6-8,15-16,18,21,28-29,32H,4-5,9-11H2,1-3H3/b12-6+/t15-,16+,18-,21-/m1/s1. The number of methoxy groups -OCH3 is 1. The van der Waals surface area contributed by atoms with Gasteiger partial charge in [-0.2, -0.15) is 0 Å². The average molecular weight is 581 g/mol. The number of allylic oxidation sites excluding steroid dienone is 1. The van der Waals surface area contributed by atoms with Gasteiger partial charge in [-0.05, 0) is 89.9 Å². The summed E-state index contributed by atoms with van der Waals surface area (Å²) in [4.78, 5) is 26.6. The Kier molecular flexibility index (Phi) is 7.42. The highest BCUT2D eigenvalue weighted by atomic mass is 127. The molecular formula is C24H29BINO7. The van der Waals surface area contributed by atoms with Crippen LogP contribution in [0.25, 0.3) is 6.08 Å². The minimum absolute atomic E-state index is 0.109. The number of halogens is 1. The van der Waals surface area contributed by atoms with Crippen molar-refractivity contribution in [1.82, 2.24) is 4.90 Å². The number of carbonyl (C=O) groups is 2. The molecule has 4 rings (SSSR count). The second-order valence-corrected chi connectivity index (χ2v) is 10.5. The van der Waals surface area contributed by atoms with Crippen LogP contribution in [0.3, 0.4) is 0 Å². The van der Waals surface area contributed by atoms with Gasteiger partial charge in [-0.3, -0.25) is 14.5 Å². The molecule has 182 valence electrons. The molecular weight excluding hydrogens is 552 g/mol. The summed E-state index contributed by atoms with van der Waals surface area (Å²) in [5.41, 5.74) is 3.58. The molecule has 1 aromatic rings. The van der Waals surface area contributed by atoms with Crippen LogP contribution in [0.1, 0.15) is 31.7 Å². The fraction of sp³-hybridized carbons (Fsp3) is 0.500. The summed E-state index contributed by atoms with van der Waals surface area (Å²) in [7, 11) is 1.98. The lowest BCUT2D eigenvalue weighted by molar-refractivity contribution is -0.138. The van der Waals surface area contributed by atoms with Gasteiger partial charge in [-0.1, -0.05) is 11.6 Å². The van der Waals surface area contributed by atoms with E-state index >= 15 is 0 Å². The Morgan fingerprint density at radius 2 is 2.06 bits per heavy atom. The SMILES string of the molecule is COc1cc(/C=C(\C)CC[C@H]2OB(O)C[C@H]3C2=C(CO)C[C@H]2C(=O)N(C)C(=O)[C@H]23)cc(I)c1O. The van der Waals surface area contributed by atoms with Gasteiger partial charge in [-0.25, -0.2) is 0 Å². The Balaban J connectivity index is 1.57. The number of carbonyl (C=O) groups excluding carboxylic acids is 2. The van der Waals surface area contributed by atoms with E-state index in [2.05, 4.69) is 22.6 Å². The van der Waals surface area contributed by atoms with Crippen LogP contribution < -0.4 is 4.74 Å². The number of benzene rings is 1. The van der Waals surface area contributed by atoms with Gasteiger partial charge in [0.05, 0.1) is 35.2 Å². The highest BCUT2D eigenvalue weighted by molar-refractivity contribution is 14.1. The first-order valence-electron chi connectivity index (χ1n) is 11.4. The van der Waals surface area contributed by atoms with Gasteiger partial charge < -0.3 is 24.6 Å². The minimum atomic E-state index is -1.03. The second kappa shape index (κ2) is 10.0. The number of nitrogens with zero attached hydrogens (tertiary/aromatic N) is 1. The van der Waals surface area contributed by atoms with E-state index in [1.165, 1.54) is 19.1 Å².